The van der Waals surface area contributed by atoms with Gasteiger partial charge in [-0.05, 0) is 55.2 Å². The highest BCUT2D eigenvalue weighted by molar-refractivity contribution is 7.89. The molecule has 8 heteroatoms. The second kappa shape index (κ2) is 9.46. The molecule has 1 aromatic heterocycles. The lowest BCUT2D eigenvalue weighted by Crippen LogP contribution is -2.40. The molecule has 2 fully saturated rings. The van der Waals surface area contributed by atoms with Crippen LogP contribution in [0.1, 0.15) is 53.2 Å². The summed E-state index contributed by atoms with van der Waals surface area (Å²) in [6, 6.07) is 8.78. The topological polar surface area (TPSA) is 79.8 Å². The van der Waals surface area contributed by atoms with Crippen molar-refractivity contribution in [2.45, 2.75) is 43.5 Å². The summed E-state index contributed by atoms with van der Waals surface area (Å²) in [5, 5.41) is 0. The number of carbonyl (C=O) groups excluding carboxylic acids is 1. The van der Waals surface area contributed by atoms with Crippen molar-refractivity contribution in [2.24, 2.45) is 0 Å². The summed E-state index contributed by atoms with van der Waals surface area (Å²) in [5.41, 5.74) is 2.30. The number of pyridine rings is 1. The molecule has 0 spiro atoms. The van der Waals surface area contributed by atoms with Crippen LogP contribution in [0.4, 0.5) is 0 Å². The minimum Gasteiger partial charge on any atom is -0.379 e. The van der Waals surface area contributed by atoms with Gasteiger partial charge in [-0.3, -0.25) is 9.78 Å². The lowest BCUT2D eigenvalue weighted by Gasteiger charge is -2.31. The predicted molar refractivity (Wildman–Crippen MR) is 117 cm³/mol. The second-order valence-corrected chi connectivity index (χ2v) is 10.1. The quantitative estimate of drug-likeness (QED) is 0.725. The number of nitrogens with zero attached hydrogens (tertiary/aromatic N) is 3. The molecule has 2 aliphatic heterocycles. The van der Waals surface area contributed by atoms with Gasteiger partial charge in [-0.1, -0.05) is 18.9 Å². The van der Waals surface area contributed by atoms with E-state index in [-0.39, 0.29) is 16.8 Å². The number of benzene rings is 1. The van der Waals surface area contributed by atoms with Crippen molar-refractivity contribution in [3.63, 3.8) is 0 Å². The van der Waals surface area contributed by atoms with Crippen molar-refractivity contribution in [3.8, 4) is 0 Å². The summed E-state index contributed by atoms with van der Waals surface area (Å²) >= 11 is 0. The van der Waals surface area contributed by atoms with E-state index in [0.29, 0.717) is 38.4 Å². The Bertz CT molecular complexity index is 1020. The Morgan fingerprint density at radius 2 is 1.77 bits per heavy atom. The molecule has 1 unspecified atom stereocenters. The Labute approximate surface area is 184 Å². The number of hydrogen-bond acceptors (Lipinski definition) is 5. The number of ether oxygens (including phenoxy) is 1. The molecule has 0 N–H and O–H groups in total. The summed E-state index contributed by atoms with van der Waals surface area (Å²) in [6.07, 6.45) is 7.48. The van der Waals surface area contributed by atoms with Crippen LogP contribution in [0.25, 0.3) is 0 Å². The molecule has 3 heterocycles. The van der Waals surface area contributed by atoms with Crippen LogP contribution in [0.15, 0.2) is 47.6 Å². The predicted octanol–water partition coefficient (Wildman–Crippen LogP) is 3.17. The van der Waals surface area contributed by atoms with Gasteiger partial charge in [0, 0.05) is 37.6 Å². The molecule has 0 bridgehead atoms. The summed E-state index contributed by atoms with van der Waals surface area (Å²) < 4.78 is 33.0. The normalized spacial score (nSPS) is 20.9. The van der Waals surface area contributed by atoms with Gasteiger partial charge in [-0.15, -0.1) is 0 Å². The molecule has 7 nitrogen and oxygen atoms in total. The smallest absolute Gasteiger partial charge is 0.254 e. The highest BCUT2D eigenvalue weighted by atomic mass is 32.2. The molecule has 2 saturated heterocycles. The van der Waals surface area contributed by atoms with Gasteiger partial charge in [-0.25, -0.2) is 8.42 Å². The molecule has 1 aromatic carbocycles. The highest BCUT2D eigenvalue weighted by Gasteiger charge is 2.31. The molecule has 166 valence electrons. The molecular formula is C23H29N3O4S. The number of sulfonamides is 1. The van der Waals surface area contributed by atoms with Crippen LogP contribution in [0, 0.1) is 6.92 Å². The number of aryl methyl sites for hydroxylation is 1. The van der Waals surface area contributed by atoms with Crippen LogP contribution in [0.3, 0.4) is 0 Å². The fourth-order valence-electron chi connectivity index (χ4n) is 4.37. The van der Waals surface area contributed by atoms with Gasteiger partial charge < -0.3 is 9.64 Å². The van der Waals surface area contributed by atoms with Gasteiger partial charge in [0.15, 0.2) is 0 Å². The maximum absolute atomic E-state index is 13.7. The molecule has 1 amide bonds. The number of rotatable bonds is 4. The second-order valence-electron chi connectivity index (χ2n) is 8.14. The minimum atomic E-state index is -3.66. The number of hydrogen-bond donors (Lipinski definition) is 0. The van der Waals surface area contributed by atoms with Crippen LogP contribution in [0.2, 0.25) is 0 Å². The van der Waals surface area contributed by atoms with E-state index in [1.807, 2.05) is 24.0 Å². The zero-order chi connectivity index (χ0) is 21.8. The Kier molecular flexibility index (Phi) is 6.69. The van der Waals surface area contributed by atoms with Crippen molar-refractivity contribution < 1.29 is 17.9 Å². The van der Waals surface area contributed by atoms with Crippen molar-refractivity contribution >= 4 is 15.9 Å². The van der Waals surface area contributed by atoms with Crippen molar-refractivity contribution in [1.29, 1.82) is 0 Å². The van der Waals surface area contributed by atoms with E-state index in [1.54, 1.807) is 30.6 Å². The molecular weight excluding hydrogens is 414 g/mol. The van der Waals surface area contributed by atoms with Gasteiger partial charge in [0.1, 0.15) is 0 Å². The molecule has 1 atom stereocenters. The molecule has 0 saturated carbocycles. The fourth-order valence-corrected chi connectivity index (χ4v) is 5.80. The Balaban J connectivity index is 1.67. The first kappa shape index (κ1) is 21.9. The third kappa shape index (κ3) is 4.66. The largest absolute Gasteiger partial charge is 0.379 e. The number of carbonyl (C=O) groups is 1. The summed E-state index contributed by atoms with van der Waals surface area (Å²) in [7, 11) is -3.66. The van der Waals surface area contributed by atoms with Gasteiger partial charge in [-0.2, -0.15) is 4.31 Å². The maximum atomic E-state index is 13.7. The van der Waals surface area contributed by atoms with E-state index >= 15 is 0 Å². The number of aromatic nitrogens is 1. The van der Waals surface area contributed by atoms with E-state index in [2.05, 4.69) is 4.98 Å². The summed E-state index contributed by atoms with van der Waals surface area (Å²) in [5.74, 6) is -0.111. The highest BCUT2D eigenvalue weighted by Crippen LogP contribution is 2.32. The number of morpholine rings is 1. The van der Waals surface area contributed by atoms with Crippen molar-refractivity contribution in [1.82, 2.24) is 14.2 Å². The summed E-state index contributed by atoms with van der Waals surface area (Å²) in [6.45, 7) is 3.95. The third-order valence-corrected chi connectivity index (χ3v) is 8.05. The van der Waals surface area contributed by atoms with Gasteiger partial charge >= 0.3 is 0 Å². The average molecular weight is 444 g/mol. The maximum Gasteiger partial charge on any atom is 0.254 e. The Morgan fingerprint density at radius 3 is 2.52 bits per heavy atom. The lowest BCUT2D eigenvalue weighted by molar-refractivity contribution is 0.0679. The fraction of sp³-hybridized carbons (Fsp3) is 0.478. The molecule has 0 radical (unpaired) electrons. The number of amides is 1. The monoisotopic (exact) mass is 443 g/mol. The van der Waals surface area contributed by atoms with Crippen LogP contribution in [-0.4, -0.2) is 61.4 Å². The van der Waals surface area contributed by atoms with Crippen LogP contribution in [-0.2, 0) is 14.8 Å². The van der Waals surface area contributed by atoms with Crippen LogP contribution in [0.5, 0.6) is 0 Å². The van der Waals surface area contributed by atoms with Crippen LogP contribution < -0.4 is 0 Å². The molecule has 2 aromatic rings. The molecule has 31 heavy (non-hydrogen) atoms. The summed E-state index contributed by atoms with van der Waals surface area (Å²) in [4.78, 5) is 19.9. The minimum absolute atomic E-state index is 0.0306. The van der Waals surface area contributed by atoms with Crippen molar-refractivity contribution in [3.05, 3.63) is 59.4 Å². The molecule has 4 rings (SSSR count). The van der Waals surface area contributed by atoms with E-state index in [0.717, 1.165) is 36.8 Å². The number of likely N-dealkylation sites (tertiary alicyclic amines) is 1. The van der Waals surface area contributed by atoms with E-state index < -0.39 is 10.0 Å². The average Bonchev–Trinajstić information content (AvgIpc) is 3.06. The van der Waals surface area contributed by atoms with E-state index in [1.165, 1.54) is 4.31 Å². The SMILES string of the molecule is Cc1ccc(S(=O)(=O)N2CCOCC2)cc1C(=O)N1CCCCCC1c1ccncc1. The van der Waals surface area contributed by atoms with Gasteiger partial charge in [0.25, 0.3) is 5.91 Å². The Hall–Kier alpha value is -2.29. The van der Waals surface area contributed by atoms with E-state index in [4.69, 9.17) is 4.74 Å². The first-order valence-electron chi connectivity index (χ1n) is 10.9. The Morgan fingerprint density at radius 1 is 1.03 bits per heavy atom. The molecule has 2 aliphatic rings. The first-order chi connectivity index (χ1) is 15.0. The van der Waals surface area contributed by atoms with Crippen molar-refractivity contribution in [2.75, 3.05) is 32.8 Å². The van der Waals surface area contributed by atoms with Crippen LogP contribution >= 0.6 is 0 Å². The van der Waals surface area contributed by atoms with Gasteiger partial charge in [0.05, 0.1) is 24.2 Å². The zero-order valence-electron chi connectivity index (χ0n) is 17.9. The zero-order valence-corrected chi connectivity index (χ0v) is 18.7. The molecule has 0 aliphatic carbocycles. The van der Waals surface area contributed by atoms with E-state index in [9.17, 15) is 13.2 Å². The standard InChI is InChI=1S/C23H29N3O4S/c1-18-6-7-20(31(28,29)25-13-15-30-16-14-25)17-21(18)23(27)26-12-4-2-3-5-22(26)19-8-10-24-11-9-19/h6-11,17,22H,2-5,12-16H2,1H3. The van der Waals surface area contributed by atoms with Gasteiger partial charge in [0.2, 0.25) is 10.0 Å². The lowest BCUT2D eigenvalue weighted by atomic mass is 10.00. The first-order valence-corrected chi connectivity index (χ1v) is 12.3. The third-order valence-electron chi connectivity index (χ3n) is 6.15.